The van der Waals surface area contributed by atoms with Gasteiger partial charge in [0, 0.05) is 13.2 Å². The number of rotatable bonds is 1. The zero-order chi connectivity index (χ0) is 12.1. The van der Waals surface area contributed by atoms with Gasteiger partial charge in [0.15, 0.2) is 5.65 Å². The van der Waals surface area contributed by atoms with E-state index in [-0.39, 0.29) is 1.43 Å². The monoisotopic (exact) mass is 227 g/mol. The van der Waals surface area contributed by atoms with Crippen LogP contribution >= 0.6 is 0 Å². The highest BCUT2D eigenvalue weighted by Gasteiger charge is 2.03. The van der Waals surface area contributed by atoms with Crippen molar-refractivity contribution in [2.45, 2.75) is 13.8 Å². The molecule has 0 aliphatic carbocycles. The third-order valence-corrected chi connectivity index (χ3v) is 2.30. The second kappa shape index (κ2) is 5.25. The lowest BCUT2D eigenvalue weighted by molar-refractivity contribution is 1.30. The molecule has 1 N–H and O–H groups in total. The molecule has 3 heteroatoms. The molecule has 3 rings (SSSR count). The normalized spacial score (nSPS) is 9.76. The Kier molecular flexibility index (Phi) is 3.50. The maximum atomic E-state index is 4.42. The predicted molar refractivity (Wildman–Crippen MR) is 72.8 cm³/mol. The number of H-pyrrole nitrogens is 1. The highest BCUT2D eigenvalue weighted by atomic mass is 15.0. The Hall–Kier alpha value is -2.16. The first kappa shape index (κ1) is 11.3. The van der Waals surface area contributed by atoms with Gasteiger partial charge in [-0.2, -0.15) is 0 Å². The molecule has 3 aromatic rings. The summed E-state index contributed by atoms with van der Waals surface area (Å²) in [5, 5.41) is 0. The van der Waals surface area contributed by atoms with Gasteiger partial charge in [-0.15, -0.1) is 0 Å². The van der Waals surface area contributed by atoms with Crippen LogP contribution in [0.1, 0.15) is 15.3 Å². The van der Waals surface area contributed by atoms with E-state index in [0.717, 1.165) is 22.6 Å². The lowest BCUT2D eigenvalue weighted by Crippen LogP contribution is -1.78. The largest absolute Gasteiger partial charge is 0.337 e. The molecule has 0 saturated carbocycles. The number of nitrogens with zero attached hydrogens (tertiary/aromatic N) is 2. The SMILES string of the molecule is CC.[HH].c1ccc(-c2nc3ncccc3[nH]2)cc1. The summed E-state index contributed by atoms with van der Waals surface area (Å²) in [4.78, 5) is 11.8. The number of hydrogen-bond acceptors (Lipinski definition) is 2. The van der Waals surface area contributed by atoms with Crippen LogP contribution < -0.4 is 0 Å². The van der Waals surface area contributed by atoms with Gasteiger partial charge in [0.2, 0.25) is 0 Å². The molecule has 0 spiro atoms. The fourth-order valence-corrected chi connectivity index (χ4v) is 1.58. The van der Waals surface area contributed by atoms with E-state index in [2.05, 4.69) is 15.0 Å². The fraction of sp³-hybridized carbons (Fsp3) is 0.143. The Morgan fingerprint density at radius 2 is 1.76 bits per heavy atom. The minimum absolute atomic E-state index is 0. The molecule has 0 atom stereocenters. The topological polar surface area (TPSA) is 41.6 Å². The van der Waals surface area contributed by atoms with Crippen molar-refractivity contribution in [2.24, 2.45) is 0 Å². The number of aromatic nitrogens is 3. The van der Waals surface area contributed by atoms with E-state index in [1.54, 1.807) is 6.20 Å². The second-order valence-electron chi connectivity index (χ2n) is 3.33. The van der Waals surface area contributed by atoms with E-state index in [1.807, 2.05) is 56.3 Å². The summed E-state index contributed by atoms with van der Waals surface area (Å²) in [5.74, 6) is 0.865. The van der Waals surface area contributed by atoms with Crippen LogP contribution in [0, 0.1) is 0 Å². The summed E-state index contributed by atoms with van der Waals surface area (Å²) in [7, 11) is 0. The standard InChI is InChI=1S/C12H9N3.C2H6.H2/c1-2-5-9(6-3-1)11-14-10-7-4-8-13-12(10)15-11;1-2;/h1-8H,(H,13,14,15);1-2H3;1H. The van der Waals surface area contributed by atoms with Crippen molar-refractivity contribution in [1.29, 1.82) is 0 Å². The van der Waals surface area contributed by atoms with E-state index in [0.29, 0.717) is 0 Å². The Bertz CT molecular complexity index is 557. The highest BCUT2D eigenvalue weighted by Crippen LogP contribution is 2.18. The Labute approximate surface area is 102 Å². The average molecular weight is 227 g/mol. The summed E-state index contributed by atoms with van der Waals surface area (Å²) in [6, 6.07) is 13.9. The van der Waals surface area contributed by atoms with Crippen molar-refractivity contribution in [2.75, 3.05) is 0 Å². The van der Waals surface area contributed by atoms with E-state index >= 15 is 0 Å². The molecule has 0 bridgehead atoms. The lowest BCUT2D eigenvalue weighted by atomic mass is 10.2. The van der Waals surface area contributed by atoms with Crippen molar-refractivity contribution in [1.82, 2.24) is 15.0 Å². The zero-order valence-corrected chi connectivity index (χ0v) is 10.0. The van der Waals surface area contributed by atoms with Gasteiger partial charge in [0.25, 0.3) is 0 Å². The van der Waals surface area contributed by atoms with E-state index < -0.39 is 0 Å². The molecule has 17 heavy (non-hydrogen) atoms. The summed E-state index contributed by atoms with van der Waals surface area (Å²) < 4.78 is 0. The van der Waals surface area contributed by atoms with Gasteiger partial charge < -0.3 is 4.98 Å². The summed E-state index contributed by atoms with van der Waals surface area (Å²) in [6.45, 7) is 4.00. The van der Waals surface area contributed by atoms with Gasteiger partial charge in [-0.25, -0.2) is 9.97 Å². The minimum atomic E-state index is 0. The number of fused-ring (bicyclic) bond motifs is 1. The van der Waals surface area contributed by atoms with Gasteiger partial charge in [-0.05, 0) is 12.1 Å². The number of nitrogens with one attached hydrogen (secondary N) is 1. The maximum absolute atomic E-state index is 4.42. The van der Waals surface area contributed by atoms with E-state index in [4.69, 9.17) is 0 Å². The van der Waals surface area contributed by atoms with Crippen LogP contribution in [-0.2, 0) is 0 Å². The molecular weight excluding hydrogens is 210 g/mol. The molecule has 0 amide bonds. The van der Waals surface area contributed by atoms with Gasteiger partial charge >= 0.3 is 0 Å². The van der Waals surface area contributed by atoms with Gasteiger partial charge in [0.1, 0.15) is 5.82 Å². The molecule has 1 aromatic carbocycles. The van der Waals surface area contributed by atoms with Crippen molar-refractivity contribution in [3.8, 4) is 11.4 Å². The van der Waals surface area contributed by atoms with Crippen LogP contribution in [0.4, 0.5) is 0 Å². The number of aromatic amines is 1. The number of benzene rings is 1. The average Bonchev–Trinajstić information content (AvgIpc) is 2.86. The van der Waals surface area contributed by atoms with E-state index in [9.17, 15) is 0 Å². The third-order valence-electron chi connectivity index (χ3n) is 2.30. The van der Waals surface area contributed by atoms with Crippen LogP contribution in [0.2, 0.25) is 0 Å². The maximum Gasteiger partial charge on any atom is 0.178 e. The van der Waals surface area contributed by atoms with Crippen LogP contribution in [0.25, 0.3) is 22.6 Å². The smallest absolute Gasteiger partial charge is 0.178 e. The second-order valence-corrected chi connectivity index (χ2v) is 3.33. The third kappa shape index (κ3) is 2.33. The van der Waals surface area contributed by atoms with Crippen LogP contribution in [0.5, 0.6) is 0 Å². The summed E-state index contributed by atoms with van der Waals surface area (Å²) in [6.07, 6.45) is 1.75. The van der Waals surface area contributed by atoms with Crippen molar-refractivity contribution in [3.05, 3.63) is 48.7 Å². The van der Waals surface area contributed by atoms with Crippen LogP contribution in [0.15, 0.2) is 48.7 Å². The molecule has 0 radical (unpaired) electrons. The number of pyridine rings is 1. The molecule has 0 aliphatic heterocycles. The molecule has 2 heterocycles. The van der Waals surface area contributed by atoms with Gasteiger partial charge in [-0.1, -0.05) is 44.2 Å². The number of imidazole rings is 1. The van der Waals surface area contributed by atoms with Crippen molar-refractivity contribution < 1.29 is 1.43 Å². The summed E-state index contributed by atoms with van der Waals surface area (Å²) in [5.41, 5.74) is 2.81. The fourth-order valence-electron chi connectivity index (χ4n) is 1.58. The van der Waals surface area contributed by atoms with E-state index in [1.165, 1.54) is 0 Å². The Morgan fingerprint density at radius 3 is 2.47 bits per heavy atom. The molecule has 0 unspecified atom stereocenters. The molecule has 0 fully saturated rings. The van der Waals surface area contributed by atoms with Crippen LogP contribution in [-0.4, -0.2) is 15.0 Å². The highest BCUT2D eigenvalue weighted by molar-refractivity contribution is 5.75. The Morgan fingerprint density at radius 1 is 1.00 bits per heavy atom. The first-order valence-electron chi connectivity index (χ1n) is 5.80. The molecule has 3 nitrogen and oxygen atoms in total. The van der Waals surface area contributed by atoms with Gasteiger partial charge in [-0.3, -0.25) is 0 Å². The molecule has 0 saturated heterocycles. The molecule has 2 aromatic heterocycles. The van der Waals surface area contributed by atoms with Gasteiger partial charge in [0.05, 0.1) is 5.52 Å². The zero-order valence-electron chi connectivity index (χ0n) is 10.0. The molecular formula is C14H17N3. The lowest BCUT2D eigenvalue weighted by Gasteiger charge is -1.92. The Balaban J connectivity index is 0.000000516. The quantitative estimate of drug-likeness (QED) is 0.685. The number of hydrogen-bond donors (Lipinski definition) is 1. The molecule has 0 aliphatic rings. The summed E-state index contributed by atoms with van der Waals surface area (Å²) >= 11 is 0. The van der Waals surface area contributed by atoms with Crippen molar-refractivity contribution in [3.63, 3.8) is 0 Å². The van der Waals surface area contributed by atoms with Crippen LogP contribution in [0.3, 0.4) is 0 Å². The predicted octanol–water partition coefficient (Wildman–Crippen LogP) is 3.90. The van der Waals surface area contributed by atoms with Crippen molar-refractivity contribution >= 4 is 11.2 Å². The first-order chi connectivity index (χ1) is 8.43. The minimum Gasteiger partial charge on any atom is -0.337 e. The first-order valence-corrected chi connectivity index (χ1v) is 5.80. The molecule has 88 valence electrons.